The van der Waals surface area contributed by atoms with Crippen molar-refractivity contribution >= 4 is 12.0 Å². The predicted molar refractivity (Wildman–Crippen MR) is 84.3 cm³/mol. The third-order valence-corrected chi connectivity index (χ3v) is 3.22. The van der Waals surface area contributed by atoms with Crippen LogP contribution in [0.3, 0.4) is 0 Å². The molecule has 1 N–H and O–H groups in total. The van der Waals surface area contributed by atoms with Crippen molar-refractivity contribution in [2.24, 2.45) is 0 Å². The van der Waals surface area contributed by atoms with Crippen molar-refractivity contribution in [3.63, 3.8) is 0 Å². The van der Waals surface area contributed by atoms with Crippen LogP contribution in [0.25, 0.3) is 0 Å². The molecule has 1 atom stereocenters. The summed E-state index contributed by atoms with van der Waals surface area (Å²) in [6.45, 7) is 8.29. The Labute approximate surface area is 136 Å². The normalized spacial score (nSPS) is 17.4. The Hall–Kier alpha value is -2.49. The molecular weight excluding hydrogens is 296 g/mol. The van der Waals surface area contributed by atoms with E-state index in [4.69, 9.17) is 4.74 Å². The van der Waals surface area contributed by atoms with Crippen LogP contribution in [0.2, 0.25) is 0 Å². The van der Waals surface area contributed by atoms with Gasteiger partial charge >= 0.3 is 6.09 Å². The van der Waals surface area contributed by atoms with Gasteiger partial charge in [-0.3, -0.25) is 9.48 Å². The molecule has 0 aliphatic carbocycles. The van der Waals surface area contributed by atoms with Crippen LogP contribution in [-0.4, -0.2) is 44.9 Å². The molecule has 0 radical (unpaired) electrons. The molecule has 1 unspecified atom stereocenters. The third-order valence-electron chi connectivity index (χ3n) is 3.22. The van der Waals surface area contributed by atoms with Gasteiger partial charge in [0.15, 0.2) is 0 Å². The van der Waals surface area contributed by atoms with Gasteiger partial charge in [0.25, 0.3) is 5.91 Å². The van der Waals surface area contributed by atoms with Crippen molar-refractivity contribution in [1.29, 1.82) is 0 Å². The Balaban J connectivity index is 2.17. The number of carbonyl (C=O) groups excluding carboxylic acids is 2. The molecule has 0 saturated carbocycles. The lowest BCUT2D eigenvalue weighted by Gasteiger charge is -2.28. The minimum atomic E-state index is -0.573. The van der Waals surface area contributed by atoms with E-state index < -0.39 is 11.7 Å². The number of ether oxygens (including phenoxy) is 1. The van der Waals surface area contributed by atoms with E-state index in [9.17, 15) is 9.59 Å². The zero-order valence-corrected chi connectivity index (χ0v) is 13.9. The fourth-order valence-corrected chi connectivity index (χ4v) is 2.34. The molecule has 0 bridgehead atoms. The molecule has 2 rings (SSSR count). The van der Waals surface area contributed by atoms with Crippen LogP contribution < -0.4 is 5.32 Å². The van der Waals surface area contributed by atoms with E-state index in [2.05, 4.69) is 22.3 Å². The van der Waals surface area contributed by atoms with E-state index in [-0.39, 0.29) is 11.9 Å². The van der Waals surface area contributed by atoms with Gasteiger partial charge < -0.3 is 15.0 Å². The van der Waals surface area contributed by atoms with E-state index in [1.165, 1.54) is 0 Å². The number of aromatic nitrogens is 2. The minimum Gasteiger partial charge on any atom is -0.444 e. The molecule has 1 aliphatic heterocycles. The minimum absolute atomic E-state index is 0.281. The Morgan fingerprint density at radius 2 is 2.13 bits per heavy atom. The number of rotatable bonds is 1. The highest BCUT2D eigenvalue weighted by Crippen LogP contribution is 2.16. The zero-order chi connectivity index (χ0) is 17.0. The van der Waals surface area contributed by atoms with E-state index >= 15 is 0 Å². The summed E-state index contributed by atoms with van der Waals surface area (Å²) in [7, 11) is 0. The number of nitrogens with one attached hydrogen (secondary N) is 1. The van der Waals surface area contributed by atoms with Gasteiger partial charge in [-0.1, -0.05) is 5.92 Å². The molecule has 7 heteroatoms. The Morgan fingerprint density at radius 1 is 1.39 bits per heavy atom. The average molecular weight is 318 g/mol. The van der Waals surface area contributed by atoms with E-state index in [1.54, 1.807) is 22.7 Å². The number of carbonyl (C=O) groups is 2. The van der Waals surface area contributed by atoms with Crippen LogP contribution in [-0.2, 0) is 22.6 Å². The van der Waals surface area contributed by atoms with Crippen molar-refractivity contribution in [3.05, 3.63) is 18.0 Å². The monoisotopic (exact) mass is 318 g/mol. The van der Waals surface area contributed by atoms with Gasteiger partial charge in [-0.2, -0.15) is 5.10 Å². The summed E-state index contributed by atoms with van der Waals surface area (Å²) in [5, 5.41) is 7.05. The summed E-state index contributed by atoms with van der Waals surface area (Å²) >= 11 is 0. The zero-order valence-electron chi connectivity index (χ0n) is 13.9. The average Bonchev–Trinajstić information content (AvgIpc) is 2.76. The molecule has 0 fully saturated rings. The maximum Gasteiger partial charge on any atom is 0.410 e. The maximum atomic E-state index is 12.4. The van der Waals surface area contributed by atoms with Crippen LogP contribution in [0.5, 0.6) is 0 Å². The standard InChI is InChI=1S/C16H22N4O3/c1-5-6-14(21)18-12-9-19(15(22)23-16(2,3)4)11-13-7-8-17-20(13)10-12/h7-8,12H,9-11H2,1-4H3,(H,18,21). The molecule has 0 spiro atoms. The Kier molecular flexibility index (Phi) is 4.94. The lowest BCUT2D eigenvalue weighted by molar-refractivity contribution is -0.116. The number of hydrogen-bond donors (Lipinski definition) is 1. The first-order valence-electron chi connectivity index (χ1n) is 7.50. The second-order valence-electron chi connectivity index (χ2n) is 6.41. The summed E-state index contributed by atoms with van der Waals surface area (Å²) in [4.78, 5) is 25.7. The summed E-state index contributed by atoms with van der Waals surface area (Å²) in [5.74, 6) is 4.65. The Bertz CT molecular complexity index is 648. The number of fused-ring (bicyclic) bond motifs is 1. The third kappa shape index (κ3) is 4.74. The topological polar surface area (TPSA) is 76.5 Å². The number of nitrogens with zero attached hydrogens (tertiary/aromatic N) is 3. The van der Waals surface area contributed by atoms with Gasteiger partial charge in [0, 0.05) is 12.7 Å². The Morgan fingerprint density at radius 3 is 2.78 bits per heavy atom. The van der Waals surface area contributed by atoms with Crippen LogP contribution >= 0.6 is 0 Å². The SMILES string of the molecule is CC#CC(=O)NC1CN(C(=O)OC(C)(C)C)Cc2ccnn2C1. The molecule has 2 heterocycles. The van der Waals surface area contributed by atoms with E-state index in [1.807, 2.05) is 26.8 Å². The van der Waals surface area contributed by atoms with Gasteiger partial charge in [-0.15, -0.1) is 0 Å². The first-order chi connectivity index (χ1) is 10.8. The van der Waals surface area contributed by atoms with Crippen molar-refractivity contribution in [3.8, 4) is 11.8 Å². The molecule has 23 heavy (non-hydrogen) atoms. The first-order valence-corrected chi connectivity index (χ1v) is 7.50. The second kappa shape index (κ2) is 6.73. The highest BCUT2D eigenvalue weighted by molar-refractivity contribution is 5.93. The van der Waals surface area contributed by atoms with Gasteiger partial charge in [0.2, 0.25) is 0 Å². The molecule has 124 valence electrons. The lowest BCUT2D eigenvalue weighted by Crippen LogP contribution is -2.46. The van der Waals surface area contributed by atoms with Crippen molar-refractivity contribution in [2.75, 3.05) is 6.54 Å². The highest BCUT2D eigenvalue weighted by Gasteiger charge is 2.29. The van der Waals surface area contributed by atoms with Crippen LogP contribution in [0.4, 0.5) is 4.79 Å². The summed E-state index contributed by atoms with van der Waals surface area (Å²) in [6, 6.07) is 1.57. The molecule has 1 aliphatic rings. The predicted octanol–water partition coefficient (Wildman–Crippen LogP) is 1.14. The largest absolute Gasteiger partial charge is 0.444 e. The molecule has 1 aromatic heterocycles. The lowest BCUT2D eigenvalue weighted by atomic mass is 10.2. The van der Waals surface area contributed by atoms with Gasteiger partial charge in [0.05, 0.1) is 24.8 Å². The summed E-state index contributed by atoms with van der Waals surface area (Å²) < 4.78 is 7.23. The van der Waals surface area contributed by atoms with Gasteiger partial charge in [0.1, 0.15) is 5.60 Å². The fraction of sp³-hybridized carbons (Fsp3) is 0.562. The molecule has 0 saturated heterocycles. The van der Waals surface area contributed by atoms with Crippen LogP contribution in [0.1, 0.15) is 33.4 Å². The molecular formula is C16H22N4O3. The number of amides is 2. The number of hydrogen-bond acceptors (Lipinski definition) is 4. The quantitative estimate of drug-likeness (QED) is 0.788. The summed E-state index contributed by atoms with van der Waals surface area (Å²) in [5.41, 5.74) is 0.324. The molecule has 1 aromatic rings. The van der Waals surface area contributed by atoms with Crippen molar-refractivity contribution in [1.82, 2.24) is 20.0 Å². The smallest absolute Gasteiger partial charge is 0.410 e. The van der Waals surface area contributed by atoms with Crippen molar-refractivity contribution in [2.45, 2.75) is 52.4 Å². The molecule has 7 nitrogen and oxygen atoms in total. The summed E-state index contributed by atoms with van der Waals surface area (Å²) in [6.07, 6.45) is 1.27. The first kappa shape index (κ1) is 16.9. The van der Waals surface area contributed by atoms with Crippen molar-refractivity contribution < 1.29 is 14.3 Å². The van der Waals surface area contributed by atoms with E-state index in [0.717, 1.165) is 5.69 Å². The highest BCUT2D eigenvalue weighted by atomic mass is 16.6. The molecule has 2 amide bonds. The molecule has 0 aromatic carbocycles. The van der Waals surface area contributed by atoms with Crippen LogP contribution in [0, 0.1) is 11.8 Å². The van der Waals surface area contributed by atoms with Gasteiger partial charge in [-0.05, 0) is 39.7 Å². The fourth-order valence-electron chi connectivity index (χ4n) is 2.34. The second-order valence-corrected chi connectivity index (χ2v) is 6.41. The van der Waals surface area contributed by atoms with E-state index in [0.29, 0.717) is 19.6 Å². The van der Waals surface area contributed by atoms with Gasteiger partial charge in [-0.25, -0.2) is 4.79 Å². The van der Waals surface area contributed by atoms with Crippen LogP contribution in [0.15, 0.2) is 12.3 Å². The maximum absolute atomic E-state index is 12.4.